The van der Waals surface area contributed by atoms with E-state index >= 15 is 0 Å². The minimum absolute atomic E-state index is 0.0250. The summed E-state index contributed by atoms with van der Waals surface area (Å²) in [6.45, 7) is 1.82. The van der Waals surface area contributed by atoms with Crippen LogP contribution in [0.4, 0.5) is 5.69 Å². The van der Waals surface area contributed by atoms with Crippen molar-refractivity contribution in [3.63, 3.8) is 0 Å². The lowest BCUT2D eigenvalue weighted by Gasteiger charge is -2.07. The smallest absolute Gasteiger partial charge is 0.272 e. The third-order valence-corrected chi connectivity index (χ3v) is 3.87. The van der Waals surface area contributed by atoms with E-state index in [0.717, 1.165) is 0 Å². The number of hydrazone groups is 1. The van der Waals surface area contributed by atoms with Gasteiger partial charge in [-0.3, -0.25) is 9.59 Å². The van der Waals surface area contributed by atoms with Gasteiger partial charge in [-0.05, 0) is 31.2 Å². The van der Waals surface area contributed by atoms with Crippen LogP contribution in [0.15, 0.2) is 47.6 Å². The summed E-state index contributed by atoms with van der Waals surface area (Å²) < 4.78 is 10.5. The van der Waals surface area contributed by atoms with Gasteiger partial charge in [0.05, 0.1) is 17.0 Å². The minimum atomic E-state index is -0.439. The summed E-state index contributed by atoms with van der Waals surface area (Å²) in [6, 6.07) is 11.8. The number of halogens is 1. The van der Waals surface area contributed by atoms with Crippen molar-refractivity contribution in [1.29, 1.82) is 0 Å². The van der Waals surface area contributed by atoms with Crippen LogP contribution in [0.1, 0.15) is 23.7 Å². The molecule has 1 aliphatic rings. The van der Waals surface area contributed by atoms with Crippen molar-refractivity contribution in [3.05, 3.63) is 53.1 Å². The average molecular weight is 374 g/mol. The zero-order chi connectivity index (χ0) is 18.5. The highest BCUT2D eigenvalue weighted by Crippen LogP contribution is 2.34. The predicted octanol–water partition coefficient (Wildman–Crippen LogP) is 3.20. The topological polar surface area (TPSA) is 89.0 Å². The summed E-state index contributed by atoms with van der Waals surface area (Å²) in [7, 11) is 0. The highest BCUT2D eigenvalue weighted by molar-refractivity contribution is 6.33. The first kappa shape index (κ1) is 17.8. The predicted molar refractivity (Wildman–Crippen MR) is 97.8 cm³/mol. The number of anilines is 1. The van der Waals surface area contributed by atoms with Gasteiger partial charge in [-0.1, -0.05) is 23.7 Å². The van der Waals surface area contributed by atoms with Crippen LogP contribution in [0.5, 0.6) is 11.5 Å². The Morgan fingerprint density at radius 2 is 1.92 bits per heavy atom. The van der Waals surface area contributed by atoms with Crippen molar-refractivity contribution in [3.8, 4) is 11.5 Å². The molecule has 2 amide bonds. The lowest BCUT2D eigenvalue weighted by Crippen LogP contribution is -2.21. The minimum Gasteiger partial charge on any atom is -0.454 e. The molecule has 134 valence electrons. The molecule has 2 N–H and O–H groups in total. The maximum Gasteiger partial charge on any atom is 0.272 e. The van der Waals surface area contributed by atoms with Crippen molar-refractivity contribution in [2.75, 3.05) is 12.1 Å². The number of amides is 2. The summed E-state index contributed by atoms with van der Waals surface area (Å²) >= 11 is 5.96. The van der Waals surface area contributed by atoms with Crippen LogP contribution in [0, 0.1) is 0 Å². The summed E-state index contributed by atoms with van der Waals surface area (Å²) in [5, 5.41) is 7.01. The van der Waals surface area contributed by atoms with E-state index in [4.69, 9.17) is 21.1 Å². The maximum absolute atomic E-state index is 12.1. The number of nitrogens with one attached hydrogen (secondary N) is 2. The third kappa shape index (κ3) is 4.31. The number of hydrogen-bond donors (Lipinski definition) is 2. The molecule has 0 fully saturated rings. The largest absolute Gasteiger partial charge is 0.454 e. The third-order valence-electron chi connectivity index (χ3n) is 3.54. The molecule has 0 aromatic heterocycles. The molecule has 2 aromatic carbocycles. The number of ether oxygens (including phenoxy) is 2. The van der Waals surface area contributed by atoms with Crippen molar-refractivity contribution < 1.29 is 19.1 Å². The van der Waals surface area contributed by atoms with E-state index in [1.54, 1.807) is 49.4 Å². The van der Waals surface area contributed by atoms with E-state index in [-0.39, 0.29) is 19.1 Å². The Hall–Kier alpha value is -3.06. The number of hydrogen-bond acceptors (Lipinski definition) is 5. The summed E-state index contributed by atoms with van der Waals surface area (Å²) in [5.41, 5.74) is 3.74. The van der Waals surface area contributed by atoms with Gasteiger partial charge in [-0.15, -0.1) is 0 Å². The average Bonchev–Trinajstić information content (AvgIpc) is 3.07. The van der Waals surface area contributed by atoms with Crippen molar-refractivity contribution >= 4 is 34.8 Å². The molecule has 0 saturated carbocycles. The first-order chi connectivity index (χ1) is 12.5. The lowest BCUT2D eigenvalue weighted by atomic mass is 10.2. The van der Waals surface area contributed by atoms with Crippen molar-refractivity contribution in [1.82, 2.24) is 5.43 Å². The van der Waals surface area contributed by atoms with Crippen LogP contribution >= 0.6 is 11.6 Å². The molecule has 0 spiro atoms. The Labute approximate surface area is 154 Å². The second-order valence-corrected chi connectivity index (χ2v) is 5.97. The Morgan fingerprint density at radius 3 is 2.73 bits per heavy atom. The molecule has 3 rings (SSSR count). The zero-order valence-electron chi connectivity index (χ0n) is 13.9. The van der Waals surface area contributed by atoms with Gasteiger partial charge >= 0.3 is 0 Å². The zero-order valence-corrected chi connectivity index (χ0v) is 14.7. The van der Waals surface area contributed by atoms with Crippen LogP contribution in [-0.2, 0) is 4.79 Å². The van der Waals surface area contributed by atoms with E-state index in [9.17, 15) is 9.59 Å². The van der Waals surface area contributed by atoms with Gasteiger partial charge in [-0.25, -0.2) is 5.43 Å². The molecular formula is C18H16ClN3O4. The fraction of sp³-hybridized carbons (Fsp3) is 0.167. The Kier molecular flexibility index (Phi) is 5.38. The first-order valence-electron chi connectivity index (χ1n) is 7.80. The number of fused-ring (bicyclic) bond motifs is 1. The molecule has 26 heavy (non-hydrogen) atoms. The fourth-order valence-electron chi connectivity index (χ4n) is 2.30. The van der Waals surface area contributed by atoms with Crippen molar-refractivity contribution in [2.24, 2.45) is 5.10 Å². The van der Waals surface area contributed by atoms with Gasteiger partial charge in [-0.2, -0.15) is 5.10 Å². The van der Waals surface area contributed by atoms with E-state index in [1.807, 2.05) is 0 Å². The number of benzene rings is 2. The second kappa shape index (κ2) is 7.88. The highest BCUT2D eigenvalue weighted by Gasteiger charge is 2.14. The van der Waals surface area contributed by atoms with Crippen LogP contribution in [0.2, 0.25) is 5.02 Å². The second-order valence-electron chi connectivity index (χ2n) is 5.56. The molecule has 1 heterocycles. The van der Waals surface area contributed by atoms with Crippen LogP contribution in [-0.4, -0.2) is 24.3 Å². The van der Waals surface area contributed by atoms with E-state index in [0.29, 0.717) is 33.5 Å². The van der Waals surface area contributed by atoms with Gasteiger partial charge in [0.25, 0.3) is 5.91 Å². The van der Waals surface area contributed by atoms with Gasteiger partial charge in [0.1, 0.15) is 0 Å². The number of carbonyl (C=O) groups excluding carboxylic acids is 2. The maximum atomic E-state index is 12.1. The van der Waals surface area contributed by atoms with Crippen LogP contribution in [0.3, 0.4) is 0 Å². The Balaban J connectivity index is 1.54. The quantitative estimate of drug-likeness (QED) is 0.622. The molecule has 1 aliphatic heterocycles. The number of nitrogens with zero attached hydrogens (tertiary/aromatic N) is 1. The molecule has 8 heteroatoms. The first-order valence-corrected chi connectivity index (χ1v) is 8.18. The molecule has 0 radical (unpaired) electrons. The van der Waals surface area contributed by atoms with Gasteiger partial charge < -0.3 is 14.8 Å². The number of rotatable bonds is 5. The monoisotopic (exact) mass is 373 g/mol. The lowest BCUT2D eigenvalue weighted by molar-refractivity contribution is -0.115. The SMILES string of the molecule is C/C(CC(=O)Nc1ccc2c(c1)OCO2)=N/NC(=O)c1ccccc1Cl. The number of carbonyl (C=O) groups is 2. The molecule has 0 atom stereocenters. The molecular weight excluding hydrogens is 358 g/mol. The summed E-state index contributed by atoms with van der Waals surface area (Å²) in [6.07, 6.45) is 0.0250. The molecule has 0 aliphatic carbocycles. The van der Waals surface area contributed by atoms with E-state index in [1.165, 1.54) is 0 Å². The Bertz CT molecular complexity index is 882. The van der Waals surface area contributed by atoms with E-state index < -0.39 is 5.91 Å². The standard InChI is InChI=1S/C18H16ClN3O4/c1-11(21-22-18(24)13-4-2-3-5-14(13)19)8-17(23)20-12-6-7-15-16(9-12)26-10-25-15/h2-7,9H,8,10H2,1H3,(H,20,23)(H,22,24)/b21-11-. The molecule has 0 unspecified atom stereocenters. The Morgan fingerprint density at radius 1 is 1.15 bits per heavy atom. The molecule has 0 saturated heterocycles. The molecule has 2 aromatic rings. The van der Waals surface area contributed by atoms with E-state index in [2.05, 4.69) is 15.8 Å². The van der Waals surface area contributed by atoms with Gasteiger partial charge in [0, 0.05) is 17.5 Å². The highest BCUT2D eigenvalue weighted by atomic mass is 35.5. The summed E-state index contributed by atoms with van der Waals surface area (Å²) in [5.74, 6) is 0.520. The van der Waals surface area contributed by atoms with Crippen molar-refractivity contribution in [2.45, 2.75) is 13.3 Å². The van der Waals surface area contributed by atoms with Crippen LogP contribution in [0.25, 0.3) is 0 Å². The summed E-state index contributed by atoms with van der Waals surface area (Å²) in [4.78, 5) is 24.1. The van der Waals surface area contributed by atoms with Gasteiger partial charge in [0.15, 0.2) is 11.5 Å². The normalized spacial score (nSPS) is 12.6. The molecule has 0 bridgehead atoms. The van der Waals surface area contributed by atoms with Crippen LogP contribution < -0.4 is 20.2 Å². The molecule has 7 nitrogen and oxygen atoms in total. The van der Waals surface area contributed by atoms with Gasteiger partial charge in [0.2, 0.25) is 12.7 Å². The fourth-order valence-corrected chi connectivity index (χ4v) is 2.52.